The fourth-order valence-corrected chi connectivity index (χ4v) is 4.68. The minimum atomic E-state index is -4.86. The van der Waals surface area contributed by atoms with Crippen molar-refractivity contribution in [1.29, 1.82) is 0 Å². The molecule has 2 unspecified atom stereocenters. The van der Waals surface area contributed by atoms with E-state index >= 15 is 0 Å². The van der Waals surface area contributed by atoms with Gasteiger partial charge in [0.1, 0.15) is 17.4 Å². The van der Waals surface area contributed by atoms with Gasteiger partial charge in [-0.2, -0.15) is 23.4 Å². The van der Waals surface area contributed by atoms with Crippen molar-refractivity contribution in [3.8, 4) is 0 Å². The van der Waals surface area contributed by atoms with Crippen molar-refractivity contribution in [2.45, 2.75) is 43.6 Å². The highest BCUT2D eigenvalue weighted by Gasteiger charge is 2.55. The largest absolute Gasteiger partial charge is 0.478 e. The van der Waals surface area contributed by atoms with Crippen LogP contribution < -0.4 is 11.1 Å². The molecule has 0 radical (unpaired) electrons. The molecule has 5 N–H and O–H groups in total. The summed E-state index contributed by atoms with van der Waals surface area (Å²) in [7, 11) is -3.14. The first kappa shape index (κ1) is 24.6. The SMILES string of the molecule is CNCc1cnn(CC2C(/N=C/C(=N\OC3(C(=O)O)CC3)c3csc(N)n3)C(=O)N2S(=O)(=O)O)n1. The van der Waals surface area contributed by atoms with E-state index in [1.807, 2.05) is 0 Å². The zero-order chi connectivity index (χ0) is 25.4. The number of carbonyl (C=O) groups is 2. The van der Waals surface area contributed by atoms with E-state index in [1.54, 1.807) is 7.05 Å². The van der Waals surface area contributed by atoms with E-state index in [-0.39, 0.29) is 35.9 Å². The van der Waals surface area contributed by atoms with Crippen LogP contribution in [0.5, 0.6) is 0 Å². The number of nitrogens with two attached hydrogens (primary N) is 1. The number of aromatic nitrogens is 4. The van der Waals surface area contributed by atoms with Gasteiger partial charge in [-0.3, -0.25) is 14.3 Å². The third-order valence-electron chi connectivity index (χ3n) is 5.23. The number of nitrogens with one attached hydrogen (secondary N) is 1. The predicted molar refractivity (Wildman–Crippen MR) is 121 cm³/mol. The fourth-order valence-electron chi connectivity index (χ4n) is 3.26. The van der Waals surface area contributed by atoms with Gasteiger partial charge in [0, 0.05) is 24.8 Å². The van der Waals surface area contributed by atoms with Gasteiger partial charge in [-0.25, -0.2) is 14.1 Å². The van der Waals surface area contributed by atoms with Crippen molar-refractivity contribution >= 4 is 50.6 Å². The minimum absolute atomic E-state index is 0.0177. The summed E-state index contributed by atoms with van der Waals surface area (Å²) in [5.74, 6) is -2.14. The monoisotopic (exact) mass is 527 g/mol. The number of hydrogen-bond acceptors (Lipinski definition) is 13. The average molecular weight is 528 g/mol. The number of carbonyl (C=O) groups excluding carboxylic acids is 1. The molecule has 0 bridgehead atoms. The van der Waals surface area contributed by atoms with Gasteiger partial charge < -0.3 is 21.0 Å². The van der Waals surface area contributed by atoms with Gasteiger partial charge >= 0.3 is 16.3 Å². The van der Waals surface area contributed by atoms with E-state index < -0.39 is 39.9 Å². The normalized spacial score (nSPS) is 21.8. The van der Waals surface area contributed by atoms with Gasteiger partial charge in [-0.15, -0.1) is 11.3 Å². The number of rotatable bonds is 11. The van der Waals surface area contributed by atoms with Crippen molar-refractivity contribution in [3.05, 3.63) is 23.0 Å². The summed E-state index contributed by atoms with van der Waals surface area (Å²) in [4.78, 5) is 38.5. The topological polar surface area (TPSA) is 228 Å². The highest BCUT2D eigenvalue weighted by molar-refractivity contribution is 7.84. The van der Waals surface area contributed by atoms with E-state index in [2.05, 4.69) is 30.6 Å². The molecule has 0 spiro atoms. The molecule has 35 heavy (non-hydrogen) atoms. The molecular weight excluding hydrogens is 506 g/mol. The predicted octanol–water partition coefficient (Wildman–Crippen LogP) is -1.47. The first-order valence-corrected chi connectivity index (χ1v) is 12.4. The van der Waals surface area contributed by atoms with Gasteiger partial charge in [0.25, 0.3) is 5.91 Å². The number of nitrogens with zero attached hydrogens (tertiary/aromatic N) is 7. The molecule has 2 aromatic heterocycles. The Balaban J connectivity index is 1.59. The maximum Gasteiger partial charge on any atom is 0.362 e. The number of anilines is 1. The number of aliphatic imine (C=N–C) groups is 1. The molecule has 1 aliphatic carbocycles. The second-order valence-corrected chi connectivity index (χ2v) is 9.94. The van der Waals surface area contributed by atoms with Crippen molar-refractivity contribution in [3.63, 3.8) is 0 Å². The molecule has 1 amide bonds. The number of oxime groups is 1. The smallest absolute Gasteiger partial charge is 0.362 e. The Morgan fingerprint density at radius 2 is 2.23 bits per heavy atom. The zero-order valence-corrected chi connectivity index (χ0v) is 19.8. The summed E-state index contributed by atoms with van der Waals surface area (Å²) in [6, 6.07) is -2.36. The molecule has 1 saturated heterocycles. The number of β-lactam (4-membered cyclic amide) rings is 1. The second-order valence-electron chi connectivity index (χ2n) is 7.76. The third-order valence-corrected chi connectivity index (χ3v) is 6.85. The van der Waals surface area contributed by atoms with Crippen molar-refractivity contribution in [2.24, 2.45) is 10.1 Å². The van der Waals surface area contributed by atoms with Crippen molar-refractivity contribution in [2.75, 3.05) is 12.8 Å². The average Bonchev–Trinajstić information content (AvgIpc) is 3.25. The molecular formula is C17H21N9O7S2. The van der Waals surface area contributed by atoms with Gasteiger partial charge in [-0.1, -0.05) is 5.16 Å². The molecule has 4 rings (SSSR count). The molecule has 2 atom stereocenters. The van der Waals surface area contributed by atoms with E-state index in [4.69, 9.17) is 10.6 Å². The van der Waals surface area contributed by atoms with Crippen LogP contribution in [0.2, 0.25) is 0 Å². The van der Waals surface area contributed by atoms with Crippen LogP contribution in [0.15, 0.2) is 21.7 Å². The Morgan fingerprint density at radius 3 is 2.80 bits per heavy atom. The number of aliphatic carboxylic acids is 1. The molecule has 188 valence electrons. The lowest BCUT2D eigenvalue weighted by molar-refractivity contribution is -0.153. The number of hydrogen-bond donors (Lipinski definition) is 4. The second kappa shape index (κ2) is 9.29. The highest BCUT2D eigenvalue weighted by atomic mass is 32.2. The minimum Gasteiger partial charge on any atom is -0.478 e. The lowest BCUT2D eigenvalue weighted by Crippen LogP contribution is -2.67. The van der Waals surface area contributed by atoms with E-state index in [0.29, 0.717) is 16.5 Å². The van der Waals surface area contributed by atoms with Crippen LogP contribution in [0, 0.1) is 0 Å². The van der Waals surface area contributed by atoms with Crippen LogP contribution in [-0.2, 0) is 37.8 Å². The van der Waals surface area contributed by atoms with Gasteiger partial charge in [0.05, 0.1) is 24.7 Å². The number of carboxylic acids is 1. The Hall–Kier alpha value is -3.48. The van der Waals surface area contributed by atoms with E-state index in [1.165, 1.54) is 16.4 Å². The molecule has 0 aromatic carbocycles. The molecule has 18 heteroatoms. The standard InChI is InChI=1S/C17H21N9O7S2/c1-19-4-9-5-21-25(23-9)7-12-13(14(27)26(12)35(30,31)32)20-6-10(11-8-34-16(18)22-11)24-33-17(2-3-17)15(28)29/h5-6,8,12-13,19H,2-4,7H2,1H3,(H2,18,22)(H,28,29)(H,30,31,32)/b20-6+,24-10+. The van der Waals surface area contributed by atoms with Gasteiger partial charge in [0.15, 0.2) is 11.2 Å². The molecule has 16 nitrogen and oxygen atoms in total. The molecule has 2 fully saturated rings. The Morgan fingerprint density at radius 1 is 1.49 bits per heavy atom. The molecule has 1 aliphatic heterocycles. The lowest BCUT2D eigenvalue weighted by atomic mass is 9.99. The highest BCUT2D eigenvalue weighted by Crippen LogP contribution is 2.40. The van der Waals surface area contributed by atoms with Crippen molar-refractivity contribution in [1.82, 2.24) is 29.6 Å². The zero-order valence-electron chi connectivity index (χ0n) is 18.2. The molecule has 3 heterocycles. The van der Waals surface area contributed by atoms with Crippen LogP contribution in [0.1, 0.15) is 24.2 Å². The Kier molecular flexibility index (Phi) is 6.54. The molecule has 2 aromatic rings. The van der Waals surface area contributed by atoms with Crippen LogP contribution in [0.4, 0.5) is 5.13 Å². The maximum absolute atomic E-state index is 12.5. The van der Waals surface area contributed by atoms with Crippen LogP contribution in [0.3, 0.4) is 0 Å². The summed E-state index contributed by atoms with van der Waals surface area (Å²) < 4.78 is 33.3. The van der Waals surface area contributed by atoms with Crippen LogP contribution >= 0.6 is 11.3 Å². The quantitative estimate of drug-likeness (QED) is 0.114. The van der Waals surface area contributed by atoms with E-state index in [9.17, 15) is 27.7 Å². The number of thiazole rings is 1. The van der Waals surface area contributed by atoms with Gasteiger partial charge in [0.2, 0.25) is 5.60 Å². The molecule has 2 aliphatic rings. The summed E-state index contributed by atoms with van der Waals surface area (Å²) in [5.41, 5.74) is 5.01. The Labute approximate surface area is 202 Å². The van der Waals surface area contributed by atoms with Crippen molar-refractivity contribution < 1.29 is 32.5 Å². The Bertz CT molecular complexity index is 1300. The van der Waals surface area contributed by atoms with Gasteiger partial charge in [-0.05, 0) is 7.05 Å². The molecule has 1 saturated carbocycles. The summed E-state index contributed by atoms with van der Waals surface area (Å²) in [6.45, 7) is 0.244. The maximum atomic E-state index is 12.5. The first-order valence-electron chi connectivity index (χ1n) is 10.1. The number of amides is 1. The number of carboxylic acid groups (broad SMARTS) is 1. The van der Waals surface area contributed by atoms with E-state index in [0.717, 1.165) is 17.6 Å². The third kappa shape index (κ3) is 5.14. The summed E-state index contributed by atoms with van der Waals surface area (Å²) in [6.07, 6.45) is 3.13. The fraction of sp³-hybridized carbons (Fsp3) is 0.471. The summed E-state index contributed by atoms with van der Waals surface area (Å²) >= 11 is 1.09. The van der Waals surface area contributed by atoms with Crippen LogP contribution in [-0.4, -0.2) is 90.9 Å². The number of nitrogen functional groups attached to an aromatic ring is 1. The first-order chi connectivity index (χ1) is 16.5. The van der Waals surface area contributed by atoms with Crippen LogP contribution in [0.25, 0.3) is 0 Å². The lowest BCUT2D eigenvalue weighted by Gasteiger charge is -2.41. The summed E-state index contributed by atoms with van der Waals surface area (Å²) in [5, 5.41) is 26.0.